The largest absolute Gasteiger partial charge is 0.491 e. The summed E-state index contributed by atoms with van der Waals surface area (Å²) in [5.74, 6) is 0.480. The molecule has 196 valence electrons. The van der Waals surface area contributed by atoms with Gasteiger partial charge in [-0.2, -0.15) is 5.10 Å². The molecular weight excluding hydrogens is 628 g/mol. The van der Waals surface area contributed by atoms with Crippen molar-refractivity contribution in [2.45, 2.75) is 32.6 Å². The number of unbranched alkanes of at least 4 members (excludes halogenated alkanes) is 3. The summed E-state index contributed by atoms with van der Waals surface area (Å²) in [5, 5.41) is 10.2. The van der Waals surface area contributed by atoms with Crippen molar-refractivity contribution >= 4 is 66.1 Å². The van der Waals surface area contributed by atoms with E-state index in [0.29, 0.717) is 12.2 Å². The summed E-state index contributed by atoms with van der Waals surface area (Å²) in [5.41, 5.74) is 6.70. The monoisotopic (exact) mass is 654 g/mol. The van der Waals surface area contributed by atoms with Gasteiger partial charge in [0.15, 0.2) is 5.13 Å². The van der Waals surface area contributed by atoms with E-state index in [1.807, 2.05) is 60.0 Å². The molecule has 2 N–H and O–H groups in total. The molecule has 4 rings (SSSR count). The quantitative estimate of drug-likeness (QED) is 0.0909. The molecule has 1 heterocycles. The third-order valence-electron chi connectivity index (χ3n) is 5.62. The Bertz CT molecular complexity index is 1350. The number of hydrogen-bond donors (Lipinski definition) is 2. The van der Waals surface area contributed by atoms with E-state index in [0.717, 1.165) is 55.2 Å². The number of halogens is 2. The zero-order valence-electron chi connectivity index (χ0n) is 20.9. The molecule has 0 saturated carbocycles. The number of rotatable bonds is 12. The maximum absolute atomic E-state index is 12.6. The Morgan fingerprint density at radius 2 is 1.76 bits per heavy atom. The molecule has 0 aliphatic rings. The molecule has 1 amide bonds. The molecule has 38 heavy (non-hydrogen) atoms. The number of hydrogen-bond acceptors (Lipinski definition) is 6. The molecule has 4 aromatic rings. The van der Waals surface area contributed by atoms with Gasteiger partial charge in [0.1, 0.15) is 5.75 Å². The van der Waals surface area contributed by atoms with Crippen molar-refractivity contribution in [2.75, 3.05) is 11.9 Å². The van der Waals surface area contributed by atoms with Gasteiger partial charge >= 0.3 is 0 Å². The lowest BCUT2D eigenvalue weighted by atomic mass is 10.1. The number of nitrogens with zero attached hydrogens (tertiary/aromatic N) is 2. The predicted octanol–water partition coefficient (Wildman–Crippen LogP) is 8.80. The third-order valence-corrected chi connectivity index (χ3v) is 7.55. The number of nitrogens with one attached hydrogen (secondary N) is 2. The minimum Gasteiger partial charge on any atom is -0.491 e. The molecule has 0 bridgehead atoms. The lowest BCUT2D eigenvalue weighted by Gasteiger charge is -2.11. The van der Waals surface area contributed by atoms with Crippen LogP contribution in [0.15, 0.2) is 86.2 Å². The van der Waals surface area contributed by atoms with Crippen LogP contribution in [-0.2, 0) is 0 Å². The predicted molar refractivity (Wildman–Crippen MR) is 164 cm³/mol. The average molecular weight is 656 g/mol. The van der Waals surface area contributed by atoms with Crippen LogP contribution in [0.25, 0.3) is 11.3 Å². The van der Waals surface area contributed by atoms with E-state index in [2.05, 4.69) is 59.6 Å². The van der Waals surface area contributed by atoms with E-state index in [1.54, 1.807) is 18.3 Å². The number of ether oxygens (including phenoxy) is 1. The van der Waals surface area contributed by atoms with Crippen molar-refractivity contribution in [2.24, 2.45) is 5.10 Å². The highest BCUT2D eigenvalue weighted by Gasteiger charge is 2.10. The first-order valence-corrected chi connectivity index (χ1v) is 14.8. The fraction of sp³-hybridized carbons (Fsp3) is 0.207. The van der Waals surface area contributed by atoms with Crippen LogP contribution in [0.2, 0.25) is 0 Å². The van der Waals surface area contributed by atoms with Crippen LogP contribution in [-0.4, -0.2) is 23.7 Å². The molecule has 0 aliphatic carbocycles. The number of carbonyl (C=O) groups is 1. The van der Waals surface area contributed by atoms with E-state index < -0.39 is 0 Å². The summed E-state index contributed by atoms with van der Waals surface area (Å²) in [7, 11) is 0. The average Bonchev–Trinajstić information content (AvgIpc) is 3.39. The minimum atomic E-state index is -0.289. The summed E-state index contributed by atoms with van der Waals surface area (Å²) in [6.07, 6.45) is 6.21. The zero-order chi connectivity index (χ0) is 26.7. The van der Waals surface area contributed by atoms with Gasteiger partial charge in [-0.05, 0) is 80.2 Å². The normalized spacial score (nSPS) is 11.0. The second kappa shape index (κ2) is 14.2. The Morgan fingerprint density at radius 1 is 1.03 bits per heavy atom. The molecule has 9 heteroatoms. The van der Waals surface area contributed by atoms with E-state index in [1.165, 1.54) is 24.2 Å². The Labute approximate surface area is 243 Å². The molecule has 3 aromatic carbocycles. The first kappa shape index (κ1) is 28.0. The molecule has 0 unspecified atom stereocenters. The van der Waals surface area contributed by atoms with Crippen molar-refractivity contribution in [3.8, 4) is 17.0 Å². The number of anilines is 2. The Balaban J connectivity index is 1.31. The molecular formula is C29H28Br2N4O2S. The van der Waals surface area contributed by atoms with E-state index in [9.17, 15) is 4.79 Å². The number of para-hydroxylation sites is 1. The number of amides is 1. The van der Waals surface area contributed by atoms with Gasteiger partial charge in [0, 0.05) is 22.2 Å². The highest BCUT2D eigenvalue weighted by molar-refractivity contribution is 9.11. The lowest BCUT2D eigenvalue weighted by molar-refractivity contribution is 0.0955. The standard InChI is InChI=1S/C29H28Br2N4O2S/c1-2-3-4-8-15-37-27-24(30)16-20(17-25(27)31)18-32-35-28(36)22-13-11-21(12-14-22)26-19-38-29(34-26)33-23-9-6-5-7-10-23/h5-7,9-14,16-19H,2-4,8,15H2,1H3,(H,33,34)(H,35,36)/b32-18+. The summed E-state index contributed by atoms with van der Waals surface area (Å²) in [6, 6.07) is 21.0. The van der Waals surface area contributed by atoms with E-state index in [4.69, 9.17) is 4.74 Å². The number of thiazole rings is 1. The van der Waals surface area contributed by atoms with Crippen LogP contribution in [0.3, 0.4) is 0 Å². The van der Waals surface area contributed by atoms with Crippen LogP contribution in [0.1, 0.15) is 48.5 Å². The van der Waals surface area contributed by atoms with Gasteiger partial charge < -0.3 is 10.1 Å². The fourth-order valence-electron chi connectivity index (χ4n) is 3.63. The summed E-state index contributed by atoms with van der Waals surface area (Å²) in [6.45, 7) is 2.87. The minimum absolute atomic E-state index is 0.289. The van der Waals surface area contributed by atoms with Crippen molar-refractivity contribution in [1.29, 1.82) is 0 Å². The highest BCUT2D eigenvalue weighted by Crippen LogP contribution is 2.34. The number of aromatic nitrogens is 1. The van der Waals surface area contributed by atoms with E-state index >= 15 is 0 Å². The Morgan fingerprint density at radius 3 is 2.47 bits per heavy atom. The molecule has 0 aliphatic heterocycles. The van der Waals surface area contributed by atoms with Gasteiger partial charge in [-0.15, -0.1) is 11.3 Å². The highest BCUT2D eigenvalue weighted by atomic mass is 79.9. The Kier molecular flexibility index (Phi) is 10.5. The van der Waals surface area contributed by atoms with Crippen LogP contribution < -0.4 is 15.5 Å². The third kappa shape index (κ3) is 7.99. The number of carbonyl (C=O) groups excluding carboxylic acids is 1. The van der Waals surface area contributed by atoms with Crippen molar-refractivity contribution < 1.29 is 9.53 Å². The van der Waals surface area contributed by atoms with Gasteiger partial charge in [-0.1, -0.05) is 56.5 Å². The van der Waals surface area contributed by atoms with Crippen molar-refractivity contribution in [1.82, 2.24) is 10.4 Å². The molecule has 6 nitrogen and oxygen atoms in total. The summed E-state index contributed by atoms with van der Waals surface area (Å²) < 4.78 is 7.58. The molecule has 1 aromatic heterocycles. The van der Waals surface area contributed by atoms with Gasteiger partial charge in [0.05, 0.1) is 27.5 Å². The van der Waals surface area contributed by atoms with Crippen molar-refractivity contribution in [3.63, 3.8) is 0 Å². The lowest BCUT2D eigenvalue weighted by Crippen LogP contribution is -2.17. The van der Waals surface area contributed by atoms with Crippen LogP contribution in [0.5, 0.6) is 5.75 Å². The molecule has 0 spiro atoms. The second-order valence-corrected chi connectivity index (χ2v) is 11.1. The summed E-state index contributed by atoms with van der Waals surface area (Å²) >= 11 is 8.67. The molecule has 0 saturated heterocycles. The first-order valence-electron chi connectivity index (χ1n) is 12.4. The van der Waals surface area contributed by atoms with E-state index in [-0.39, 0.29) is 5.91 Å². The number of hydrazone groups is 1. The fourth-order valence-corrected chi connectivity index (χ4v) is 5.82. The number of benzene rings is 3. The van der Waals surface area contributed by atoms with Crippen LogP contribution in [0, 0.1) is 0 Å². The maximum atomic E-state index is 12.6. The molecule has 0 fully saturated rings. The van der Waals surface area contributed by atoms with Gasteiger partial charge in [-0.3, -0.25) is 4.79 Å². The maximum Gasteiger partial charge on any atom is 0.271 e. The van der Waals surface area contributed by atoms with Crippen molar-refractivity contribution in [3.05, 3.63) is 92.2 Å². The Hall–Kier alpha value is -3.01. The van der Waals surface area contributed by atoms with Gasteiger partial charge in [-0.25, -0.2) is 10.4 Å². The SMILES string of the molecule is CCCCCCOc1c(Br)cc(/C=N/NC(=O)c2ccc(-c3csc(Nc4ccccc4)n3)cc2)cc1Br. The van der Waals surface area contributed by atoms with Gasteiger partial charge in [0.25, 0.3) is 5.91 Å². The topological polar surface area (TPSA) is 75.6 Å². The molecule has 0 radical (unpaired) electrons. The van der Waals surface area contributed by atoms with Crippen LogP contribution in [0.4, 0.5) is 10.8 Å². The summed E-state index contributed by atoms with van der Waals surface area (Å²) in [4.78, 5) is 17.2. The zero-order valence-corrected chi connectivity index (χ0v) is 24.9. The molecule has 0 atom stereocenters. The second-order valence-electron chi connectivity index (χ2n) is 8.53. The first-order chi connectivity index (χ1) is 18.5. The smallest absolute Gasteiger partial charge is 0.271 e. The van der Waals surface area contributed by atoms with Gasteiger partial charge in [0.2, 0.25) is 0 Å². The van der Waals surface area contributed by atoms with Crippen LogP contribution >= 0.6 is 43.2 Å².